The van der Waals surface area contributed by atoms with Gasteiger partial charge in [-0.2, -0.15) is 0 Å². The van der Waals surface area contributed by atoms with Crippen molar-refractivity contribution in [3.63, 3.8) is 0 Å². The van der Waals surface area contributed by atoms with Crippen LogP contribution in [0.3, 0.4) is 0 Å². The topological polar surface area (TPSA) is 69.7 Å². The summed E-state index contributed by atoms with van der Waals surface area (Å²) in [4.78, 5) is 38.0. The third-order valence-corrected chi connectivity index (χ3v) is 5.66. The van der Waals surface area contributed by atoms with Gasteiger partial charge in [0.1, 0.15) is 0 Å². The second-order valence-corrected chi connectivity index (χ2v) is 8.09. The molecule has 0 N–H and O–H groups in total. The molecule has 2 rings (SSSR count). The average Bonchev–Trinajstić information content (AvgIpc) is 2.71. The Morgan fingerprint density at radius 2 is 1.21 bits per heavy atom. The van der Waals surface area contributed by atoms with Crippen LogP contribution >= 0.6 is 31.9 Å². The third-order valence-electron chi connectivity index (χ3n) is 4.61. The summed E-state index contributed by atoms with van der Waals surface area (Å²) < 4.78 is 11.4. The van der Waals surface area contributed by atoms with Crippen molar-refractivity contribution in [3.05, 3.63) is 68.6 Å². The van der Waals surface area contributed by atoms with Gasteiger partial charge in [0.25, 0.3) is 0 Å². The smallest absolute Gasteiger partial charge is 0.320 e. The van der Waals surface area contributed by atoms with Crippen molar-refractivity contribution in [1.82, 2.24) is 0 Å². The molecule has 0 saturated carbocycles. The minimum atomic E-state index is -1.26. The van der Waals surface area contributed by atoms with Gasteiger partial charge in [-0.15, -0.1) is 0 Å². The Bertz CT molecular complexity index is 830. The summed E-state index contributed by atoms with van der Waals surface area (Å²) in [5.41, 5.74) is 1.16. The molecule has 0 bridgehead atoms. The molecule has 0 aliphatic carbocycles. The summed E-state index contributed by atoms with van der Waals surface area (Å²) in [6.07, 6.45) is 0. The predicted octanol–water partition coefficient (Wildman–Crippen LogP) is 4.78. The first-order chi connectivity index (χ1) is 13.3. The summed E-state index contributed by atoms with van der Waals surface area (Å²) in [6.45, 7) is 1.70. The Balaban J connectivity index is 2.53. The standard InChI is InChI=1S/C21H20Br2O5/c1-12(19(24)14-6-10-16(23)11-7-14)17(13-4-8-15(22)9-5-13)18(20(25)27-2)21(26)28-3/h4-12,17-18H,1-3H3/t12-,17-/m1/s1. The molecule has 0 fully saturated rings. The van der Waals surface area contributed by atoms with Crippen LogP contribution in [0.15, 0.2) is 57.5 Å². The molecule has 0 amide bonds. The normalized spacial score (nSPS) is 12.9. The van der Waals surface area contributed by atoms with E-state index in [9.17, 15) is 14.4 Å². The molecule has 0 heterocycles. The number of hydrogen-bond acceptors (Lipinski definition) is 5. The number of ether oxygens (including phenoxy) is 2. The van der Waals surface area contributed by atoms with E-state index in [1.165, 1.54) is 14.2 Å². The predicted molar refractivity (Wildman–Crippen MR) is 112 cm³/mol. The van der Waals surface area contributed by atoms with Crippen LogP contribution in [0.5, 0.6) is 0 Å². The van der Waals surface area contributed by atoms with E-state index in [-0.39, 0.29) is 5.78 Å². The molecule has 2 atom stereocenters. The van der Waals surface area contributed by atoms with Crippen LogP contribution in [0.1, 0.15) is 28.8 Å². The van der Waals surface area contributed by atoms with E-state index in [2.05, 4.69) is 31.9 Å². The zero-order valence-corrected chi connectivity index (χ0v) is 18.8. The maximum atomic E-state index is 13.1. The van der Waals surface area contributed by atoms with Crippen LogP contribution in [-0.2, 0) is 19.1 Å². The van der Waals surface area contributed by atoms with Gasteiger partial charge < -0.3 is 9.47 Å². The fourth-order valence-corrected chi connectivity index (χ4v) is 3.67. The Morgan fingerprint density at radius 1 is 0.786 bits per heavy atom. The molecule has 7 heteroatoms. The summed E-state index contributed by atoms with van der Waals surface area (Å²) in [5, 5.41) is 0. The number of ketones is 1. The summed E-state index contributed by atoms with van der Waals surface area (Å²) >= 11 is 6.72. The van der Waals surface area contributed by atoms with E-state index in [1.54, 1.807) is 55.5 Å². The van der Waals surface area contributed by atoms with E-state index in [4.69, 9.17) is 9.47 Å². The SMILES string of the molecule is COC(=O)C(C(=O)OC)[C@@H](c1ccc(Br)cc1)[C@@H](C)C(=O)c1ccc(Br)cc1. The molecular weight excluding hydrogens is 492 g/mol. The van der Waals surface area contributed by atoms with Crippen molar-refractivity contribution in [2.24, 2.45) is 11.8 Å². The number of Topliss-reactive ketones (excluding diaryl/α,β-unsaturated/α-hetero) is 1. The molecular formula is C21H20Br2O5. The number of methoxy groups -OCH3 is 2. The van der Waals surface area contributed by atoms with Gasteiger partial charge in [-0.3, -0.25) is 14.4 Å². The van der Waals surface area contributed by atoms with E-state index in [1.807, 2.05) is 0 Å². The molecule has 0 unspecified atom stereocenters. The van der Waals surface area contributed by atoms with Gasteiger partial charge in [-0.1, -0.05) is 63.0 Å². The van der Waals surface area contributed by atoms with E-state index in [0.717, 1.165) is 8.95 Å². The monoisotopic (exact) mass is 510 g/mol. The fourth-order valence-electron chi connectivity index (χ4n) is 3.14. The van der Waals surface area contributed by atoms with Gasteiger partial charge in [-0.25, -0.2) is 0 Å². The Labute approximate surface area is 180 Å². The second kappa shape index (κ2) is 9.98. The fraction of sp³-hybridized carbons (Fsp3) is 0.286. The van der Waals surface area contributed by atoms with Gasteiger partial charge in [0, 0.05) is 26.3 Å². The largest absolute Gasteiger partial charge is 0.468 e. The quantitative estimate of drug-likeness (QED) is 0.304. The minimum Gasteiger partial charge on any atom is -0.468 e. The minimum absolute atomic E-state index is 0.182. The second-order valence-electron chi connectivity index (χ2n) is 6.26. The molecule has 0 spiro atoms. The van der Waals surface area contributed by atoms with Crippen molar-refractivity contribution in [2.45, 2.75) is 12.8 Å². The zero-order valence-electron chi connectivity index (χ0n) is 15.6. The lowest BCUT2D eigenvalue weighted by molar-refractivity contribution is -0.160. The molecule has 2 aromatic rings. The molecule has 148 valence electrons. The van der Waals surface area contributed by atoms with Gasteiger partial charge >= 0.3 is 11.9 Å². The Morgan fingerprint density at radius 3 is 1.64 bits per heavy atom. The highest BCUT2D eigenvalue weighted by Gasteiger charge is 2.43. The number of rotatable bonds is 7. The van der Waals surface area contributed by atoms with Crippen molar-refractivity contribution in [3.8, 4) is 0 Å². The van der Waals surface area contributed by atoms with Crippen molar-refractivity contribution in [1.29, 1.82) is 0 Å². The van der Waals surface area contributed by atoms with Crippen molar-refractivity contribution in [2.75, 3.05) is 14.2 Å². The highest BCUT2D eigenvalue weighted by Crippen LogP contribution is 2.36. The maximum Gasteiger partial charge on any atom is 0.320 e. The number of carbonyl (C=O) groups is 3. The summed E-state index contributed by atoms with van der Waals surface area (Å²) in [5.74, 6) is -4.34. The van der Waals surface area contributed by atoms with Gasteiger partial charge in [0.05, 0.1) is 14.2 Å². The van der Waals surface area contributed by atoms with E-state index < -0.39 is 29.7 Å². The lowest BCUT2D eigenvalue weighted by Crippen LogP contribution is -2.37. The number of esters is 2. The van der Waals surface area contributed by atoms with Crippen LogP contribution in [-0.4, -0.2) is 31.9 Å². The maximum absolute atomic E-state index is 13.1. The average molecular weight is 512 g/mol. The highest BCUT2D eigenvalue weighted by atomic mass is 79.9. The number of benzene rings is 2. The highest BCUT2D eigenvalue weighted by molar-refractivity contribution is 9.10. The van der Waals surface area contributed by atoms with Crippen LogP contribution < -0.4 is 0 Å². The van der Waals surface area contributed by atoms with Gasteiger partial charge in [-0.05, 0) is 29.8 Å². The van der Waals surface area contributed by atoms with Crippen LogP contribution in [0.4, 0.5) is 0 Å². The molecule has 5 nitrogen and oxygen atoms in total. The summed E-state index contributed by atoms with van der Waals surface area (Å²) in [7, 11) is 2.41. The van der Waals surface area contributed by atoms with Crippen LogP contribution in [0.2, 0.25) is 0 Å². The van der Waals surface area contributed by atoms with Gasteiger partial charge in [0.15, 0.2) is 11.7 Å². The number of halogens is 2. The molecule has 0 aliphatic rings. The lowest BCUT2D eigenvalue weighted by Gasteiger charge is -2.28. The van der Waals surface area contributed by atoms with E-state index >= 15 is 0 Å². The van der Waals surface area contributed by atoms with Gasteiger partial charge in [0.2, 0.25) is 0 Å². The first kappa shape index (κ1) is 22.3. The molecule has 0 aromatic heterocycles. The van der Waals surface area contributed by atoms with Crippen molar-refractivity contribution >= 4 is 49.6 Å². The zero-order chi connectivity index (χ0) is 20.8. The van der Waals surface area contributed by atoms with Crippen molar-refractivity contribution < 1.29 is 23.9 Å². The van der Waals surface area contributed by atoms with E-state index in [0.29, 0.717) is 11.1 Å². The first-order valence-corrected chi connectivity index (χ1v) is 10.1. The molecule has 28 heavy (non-hydrogen) atoms. The van der Waals surface area contributed by atoms with Crippen LogP contribution in [0, 0.1) is 11.8 Å². The lowest BCUT2D eigenvalue weighted by atomic mass is 9.74. The molecule has 0 saturated heterocycles. The van der Waals surface area contributed by atoms with Crippen LogP contribution in [0.25, 0.3) is 0 Å². The first-order valence-electron chi connectivity index (χ1n) is 8.51. The Hall–Kier alpha value is -1.99. The molecule has 0 aliphatic heterocycles. The summed E-state index contributed by atoms with van der Waals surface area (Å²) in [6, 6.07) is 14.1. The Kier molecular flexibility index (Phi) is 7.95. The molecule has 0 radical (unpaired) electrons. The number of hydrogen-bond donors (Lipinski definition) is 0. The number of carbonyl (C=O) groups excluding carboxylic acids is 3. The molecule has 2 aromatic carbocycles. The third kappa shape index (κ3) is 5.08.